The number of ether oxygens (including phenoxy) is 1. The molecule has 0 heterocycles. The quantitative estimate of drug-likeness (QED) is 0.451. The van der Waals surface area contributed by atoms with Crippen molar-refractivity contribution < 1.29 is 23.5 Å². The summed E-state index contributed by atoms with van der Waals surface area (Å²) in [6.07, 6.45) is 0. The Morgan fingerprint density at radius 3 is 2.12 bits per heavy atom. The van der Waals surface area contributed by atoms with E-state index in [-0.39, 0.29) is 5.56 Å². The van der Waals surface area contributed by atoms with Gasteiger partial charge < -0.3 is 4.74 Å². The van der Waals surface area contributed by atoms with E-state index in [1.54, 1.807) is 0 Å². The molecule has 4 nitrogen and oxygen atoms in total. The van der Waals surface area contributed by atoms with E-state index in [9.17, 15) is 18.8 Å². The molecule has 0 unspecified atom stereocenters. The highest BCUT2D eigenvalue weighted by Crippen LogP contribution is 2.12. The van der Waals surface area contributed by atoms with Crippen molar-refractivity contribution in [2.45, 2.75) is 6.92 Å². The van der Waals surface area contributed by atoms with Crippen LogP contribution in [0.1, 0.15) is 17.3 Å². The van der Waals surface area contributed by atoms with E-state index >= 15 is 0 Å². The van der Waals surface area contributed by atoms with Crippen LogP contribution in [-0.2, 0) is 14.3 Å². The lowest BCUT2D eigenvalue weighted by Crippen LogP contribution is -2.31. The van der Waals surface area contributed by atoms with E-state index in [4.69, 9.17) is 0 Å². The molecule has 1 rings (SSSR count). The molecule has 0 fully saturated rings. The first kappa shape index (κ1) is 13.0. The topological polar surface area (TPSA) is 60.4 Å². The van der Waals surface area contributed by atoms with Crippen molar-refractivity contribution in [3.05, 3.63) is 35.6 Å². The molecule has 0 radical (unpaired) electrons. The fourth-order valence-corrected chi connectivity index (χ4v) is 1.36. The van der Waals surface area contributed by atoms with Crippen LogP contribution >= 0.6 is 0 Å². The second-order valence-corrected chi connectivity index (χ2v) is 3.44. The normalized spacial score (nSPS) is 11.7. The van der Waals surface area contributed by atoms with Crippen molar-refractivity contribution in [3.63, 3.8) is 0 Å². The zero-order valence-electron chi connectivity index (χ0n) is 9.40. The number of rotatable bonds is 4. The summed E-state index contributed by atoms with van der Waals surface area (Å²) in [6.45, 7) is 1.13. The summed E-state index contributed by atoms with van der Waals surface area (Å²) in [5.41, 5.74) is 0.0944. The molecular formula is C12H11FO4. The van der Waals surface area contributed by atoms with Gasteiger partial charge in [0.2, 0.25) is 0 Å². The Hall–Kier alpha value is -2.04. The Bertz CT molecular complexity index is 450. The second kappa shape index (κ2) is 5.34. The third kappa shape index (κ3) is 2.96. The number of carbonyl (C=O) groups excluding carboxylic acids is 3. The summed E-state index contributed by atoms with van der Waals surface area (Å²) in [6, 6.07) is 4.61. The van der Waals surface area contributed by atoms with Crippen LogP contribution < -0.4 is 0 Å². The lowest BCUT2D eigenvalue weighted by molar-refractivity contribution is -0.146. The molecule has 90 valence electrons. The number of ketones is 2. The average Bonchev–Trinajstić information content (AvgIpc) is 2.29. The molecule has 0 bridgehead atoms. The minimum absolute atomic E-state index is 0.0944. The van der Waals surface area contributed by atoms with E-state index in [0.29, 0.717) is 0 Å². The van der Waals surface area contributed by atoms with Crippen LogP contribution in [-0.4, -0.2) is 24.6 Å². The molecular weight excluding hydrogens is 227 g/mol. The third-order valence-electron chi connectivity index (χ3n) is 2.23. The Morgan fingerprint density at radius 2 is 1.71 bits per heavy atom. The summed E-state index contributed by atoms with van der Waals surface area (Å²) in [5.74, 6) is -4.19. The average molecular weight is 238 g/mol. The van der Waals surface area contributed by atoms with Crippen molar-refractivity contribution in [2.75, 3.05) is 7.11 Å². The van der Waals surface area contributed by atoms with Gasteiger partial charge in [-0.25, -0.2) is 4.39 Å². The lowest BCUT2D eigenvalue weighted by Gasteiger charge is -2.10. The summed E-state index contributed by atoms with van der Waals surface area (Å²) in [7, 11) is 1.09. The van der Waals surface area contributed by atoms with Gasteiger partial charge in [-0.15, -0.1) is 0 Å². The zero-order chi connectivity index (χ0) is 13.0. The maximum atomic E-state index is 12.7. The molecule has 0 N–H and O–H groups in total. The third-order valence-corrected chi connectivity index (χ3v) is 2.23. The van der Waals surface area contributed by atoms with Crippen LogP contribution in [0.15, 0.2) is 24.3 Å². The molecule has 17 heavy (non-hydrogen) atoms. The van der Waals surface area contributed by atoms with Crippen LogP contribution in [0.5, 0.6) is 0 Å². The Labute approximate surface area is 97.4 Å². The number of halogens is 1. The van der Waals surface area contributed by atoms with Crippen LogP contribution in [0, 0.1) is 11.7 Å². The van der Waals surface area contributed by atoms with Crippen LogP contribution in [0.25, 0.3) is 0 Å². The maximum absolute atomic E-state index is 12.7. The Kier molecular flexibility index (Phi) is 4.09. The van der Waals surface area contributed by atoms with Gasteiger partial charge in [0.1, 0.15) is 5.82 Å². The summed E-state index contributed by atoms with van der Waals surface area (Å²) in [4.78, 5) is 34.4. The molecule has 0 spiro atoms. The monoisotopic (exact) mass is 238 g/mol. The van der Waals surface area contributed by atoms with Gasteiger partial charge in [-0.3, -0.25) is 14.4 Å². The predicted molar refractivity (Wildman–Crippen MR) is 56.9 cm³/mol. The smallest absolute Gasteiger partial charge is 0.324 e. The van der Waals surface area contributed by atoms with Crippen molar-refractivity contribution in [3.8, 4) is 0 Å². The van der Waals surface area contributed by atoms with Gasteiger partial charge in [-0.05, 0) is 31.2 Å². The summed E-state index contributed by atoms with van der Waals surface area (Å²) in [5, 5.41) is 0. The maximum Gasteiger partial charge on any atom is 0.324 e. The minimum Gasteiger partial charge on any atom is -0.468 e. The van der Waals surface area contributed by atoms with Crippen LogP contribution in [0.4, 0.5) is 4.39 Å². The van der Waals surface area contributed by atoms with Gasteiger partial charge in [0.25, 0.3) is 0 Å². The first-order valence-corrected chi connectivity index (χ1v) is 4.85. The van der Waals surface area contributed by atoms with E-state index in [1.165, 1.54) is 12.1 Å². The molecule has 0 aliphatic carbocycles. The molecule has 0 saturated heterocycles. The SMILES string of the molecule is COC(=O)[C@H](C(C)=O)C(=O)c1ccc(F)cc1. The molecule has 1 atom stereocenters. The highest BCUT2D eigenvalue weighted by molar-refractivity contribution is 6.21. The number of Topliss-reactive ketones (excluding diaryl/α,β-unsaturated/α-hetero) is 2. The predicted octanol–water partition coefficient (Wildman–Crippen LogP) is 1.39. The first-order chi connectivity index (χ1) is 7.97. The van der Waals surface area contributed by atoms with Gasteiger partial charge in [-0.1, -0.05) is 0 Å². The number of hydrogen-bond acceptors (Lipinski definition) is 4. The molecule has 0 aliphatic heterocycles. The fourth-order valence-electron chi connectivity index (χ4n) is 1.36. The van der Waals surface area contributed by atoms with Crippen molar-refractivity contribution in [2.24, 2.45) is 5.92 Å². The highest BCUT2D eigenvalue weighted by Gasteiger charge is 2.32. The highest BCUT2D eigenvalue weighted by atomic mass is 19.1. The zero-order valence-corrected chi connectivity index (χ0v) is 9.40. The molecule has 0 aliphatic rings. The summed E-state index contributed by atoms with van der Waals surface area (Å²) < 4.78 is 17.0. The largest absolute Gasteiger partial charge is 0.468 e. The summed E-state index contributed by atoms with van der Waals surface area (Å²) >= 11 is 0. The van der Waals surface area contributed by atoms with Gasteiger partial charge in [0.15, 0.2) is 17.5 Å². The second-order valence-electron chi connectivity index (χ2n) is 3.44. The van der Waals surface area contributed by atoms with Crippen molar-refractivity contribution >= 4 is 17.5 Å². The fraction of sp³-hybridized carbons (Fsp3) is 0.250. The van der Waals surface area contributed by atoms with E-state index < -0.39 is 29.3 Å². The van der Waals surface area contributed by atoms with E-state index in [1.807, 2.05) is 0 Å². The number of benzene rings is 1. The van der Waals surface area contributed by atoms with Gasteiger partial charge in [0, 0.05) is 5.56 Å². The molecule has 5 heteroatoms. The molecule has 1 aromatic carbocycles. The Morgan fingerprint density at radius 1 is 1.18 bits per heavy atom. The molecule has 0 aromatic heterocycles. The number of carbonyl (C=O) groups is 3. The minimum atomic E-state index is -1.48. The number of esters is 1. The standard InChI is InChI=1S/C12H11FO4/c1-7(14)10(12(16)17-2)11(15)8-3-5-9(13)6-4-8/h3-6,10H,1-2H3/t10-/m1/s1. The molecule has 1 aromatic rings. The lowest BCUT2D eigenvalue weighted by atomic mass is 9.94. The van der Waals surface area contributed by atoms with Gasteiger partial charge in [0.05, 0.1) is 7.11 Å². The first-order valence-electron chi connectivity index (χ1n) is 4.85. The van der Waals surface area contributed by atoms with Gasteiger partial charge >= 0.3 is 5.97 Å². The molecule has 0 saturated carbocycles. The van der Waals surface area contributed by atoms with Crippen molar-refractivity contribution in [1.29, 1.82) is 0 Å². The van der Waals surface area contributed by atoms with E-state index in [0.717, 1.165) is 26.2 Å². The van der Waals surface area contributed by atoms with Crippen LogP contribution in [0.3, 0.4) is 0 Å². The number of methoxy groups -OCH3 is 1. The van der Waals surface area contributed by atoms with Gasteiger partial charge in [-0.2, -0.15) is 0 Å². The number of hydrogen-bond donors (Lipinski definition) is 0. The van der Waals surface area contributed by atoms with Crippen molar-refractivity contribution in [1.82, 2.24) is 0 Å². The Balaban J connectivity index is 3.04. The molecule has 0 amide bonds. The van der Waals surface area contributed by atoms with Crippen LogP contribution in [0.2, 0.25) is 0 Å². The van der Waals surface area contributed by atoms with E-state index in [2.05, 4.69) is 4.74 Å².